The van der Waals surface area contributed by atoms with Crippen molar-refractivity contribution in [2.75, 3.05) is 0 Å². The van der Waals surface area contributed by atoms with Crippen LogP contribution < -0.4 is 0 Å². The van der Waals surface area contributed by atoms with E-state index in [1.54, 1.807) is 0 Å². The van der Waals surface area contributed by atoms with Gasteiger partial charge in [0.1, 0.15) is 17.1 Å². The molecule has 2 N–H and O–H groups in total. The van der Waals surface area contributed by atoms with Crippen LogP contribution in [0.5, 0.6) is 0 Å². The van der Waals surface area contributed by atoms with Gasteiger partial charge in [0.2, 0.25) is 0 Å². The molecule has 0 unspecified atom stereocenters. The number of hydrogen-bond acceptors (Lipinski definition) is 5. The van der Waals surface area contributed by atoms with Crippen molar-refractivity contribution in [2.24, 2.45) is 0 Å². The molecule has 45 heavy (non-hydrogen) atoms. The normalized spacial score (nSPS) is 11.4. The number of hydrogen-bond donors (Lipinski definition) is 2. The van der Waals surface area contributed by atoms with Gasteiger partial charge in [0.15, 0.2) is 5.82 Å². The maximum atomic E-state index is 11.2. The van der Waals surface area contributed by atoms with Crippen LogP contribution in [0.1, 0.15) is 38.6 Å². The van der Waals surface area contributed by atoms with Gasteiger partial charge >= 0.3 is 5.97 Å². The van der Waals surface area contributed by atoms with Crippen LogP contribution in [-0.4, -0.2) is 41.3 Å². The first-order valence-corrected chi connectivity index (χ1v) is 14.6. The molecule has 0 spiro atoms. The fourth-order valence-electron chi connectivity index (χ4n) is 5.97. The second-order valence-corrected chi connectivity index (χ2v) is 10.7. The summed E-state index contributed by atoms with van der Waals surface area (Å²) in [7, 11) is 0. The standard InChI is InChI=1S/C37H28N6O2/c44-36(45)33-25-38-34(39-33)24-26-20-22-27(23-21-26)31-18-10-11-19-32(31)35-40-41-42-43(35)37(28-12-4-1-5-13-28,29-14-6-2-7-15-29)30-16-8-3-9-17-30/h1-23,25H,24H2,(H,38,39)(H,44,45). The Balaban J connectivity index is 1.36. The summed E-state index contributed by atoms with van der Waals surface area (Å²) in [5, 5.41) is 22.8. The third kappa shape index (κ3) is 5.08. The summed E-state index contributed by atoms with van der Waals surface area (Å²) in [5.74, 6) is 0.195. The number of aromatic amines is 1. The molecule has 0 fully saturated rings. The Hall–Kier alpha value is -6.15. The second kappa shape index (κ2) is 11.9. The molecule has 2 aromatic heterocycles. The highest BCUT2D eigenvalue weighted by Crippen LogP contribution is 2.43. The Morgan fingerprint density at radius 2 is 1.22 bits per heavy atom. The van der Waals surface area contributed by atoms with E-state index >= 15 is 0 Å². The van der Waals surface area contributed by atoms with Crippen molar-refractivity contribution >= 4 is 5.97 Å². The van der Waals surface area contributed by atoms with Gasteiger partial charge in [0, 0.05) is 12.0 Å². The Kier molecular flexibility index (Phi) is 7.29. The van der Waals surface area contributed by atoms with Crippen molar-refractivity contribution in [1.29, 1.82) is 0 Å². The molecule has 218 valence electrons. The Morgan fingerprint density at radius 3 is 1.76 bits per heavy atom. The molecule has 2 heterocycles. The first-order valence-electron chi connectivity index (χ1n) is 14.6. The minimum absolute atomic E-state index is 0.0749. The zero-order valence-electron chi connectivity index (χ0n) is 24.2. The van der Waals surface area contributed by atoms with E-state index in [1.807, 2.05) is 89.6 Å². The monoisotopic (exact) mass is 588 g/mol. The Labute approximate surface area is 259 Å². The molecular formula is C37H28N6O2. The van der Waals surface area contributed by atoms with Crippen molar-refractivity contribution in [3.63, 3.8) is 0 Å². The molecule has 0 bridgehead atoms. The van der Waals surface area contributed by atoms with E-state index in [0.29, 0.717) is 18.1 Å². The van der Waals surface area contributed by atoms with Crippen molar-refractivity contribution in [3.05, 3.63) is 179 Å². The summed E-state index contributed by atoms with van der Waals surface area (Å²) in [6, 6.07) is 47.3. The molecule has 0 atom stereocenters. The van der Waals surface area contributed by atoms with Crippen LogP contribution in [0, 0.1) is 0 Å². The lowest BCUT2D eigenvalue weighted by atomic mass is 9.77. The third-order valence-corrected chi connectivity index (χ3v) is 8.03. The molecular weight excluding hydrogens is 560 g/mol. The number of tetrazole rings is 1. The lowest BCUT2D eigenvalue weighted by Crippen LogP contribution is -2.39. The highest BCUT2D eigenvalue weighted by atomic mass is 16.4. The van der Waals surface area contributed by atoms with Gasteiger partial charge in [-0.15, -0.1) is 5.10 Å². The van der Waals surface area contributed by atoms with Gasteiger partial charge in [-0.25, -0.2) is 14.5 Å². The average molecular weight is 589 g/mol. The number of H-pyrrole nitrogens is 1. The molecule has 0 aliphatic carbocycles. The van der Waals surface area contributed by atoms with E-state index in [-0.39, 0.29) is 5.69 Å². The molecule has 8 heteroatoms. The second-order valence-electron chi connectivity index (χ2n) is 10.7. The molecule has 5 aromatic carbocycles. The van der Waals surface area contributed by atoms with Gasteiger partial charge in [-0.05, 0) is 43.8 Å². The lowest BCUT2D eigenvalue weighted by Gasteiger charge is -2.36. The number of carboxylic acids is 1. The van der Waals surface area contributed by atoms with Gasteiger partial charge in [0.25, 0.3) is 0 Å². The molecule has 0 saturated carbocycles. The van der Waals surface area contributed by atoms with Crippen molar-refractivity contribution in [1.82, 2.24) is 30.2 Å². The fraction of sp³-hybridized carbons (Fsp3) is 0.0541. The average Bonchev–Trinajstić information content (AvgIpc) is 3.78. The smallest absolute Gasteiger partial charge is 0.353 e. The zero-order valence-corrected chi connectivity index (χ0v) is 24.2. The van der Waals surface area contributed by atoms with E-state index in [4.69, 9.17) is 5.21 Å². The molecule has 7 aromatic rings. The molecule has 0 amide bonds. The van der Waals surface area contributed by atoms with Gasteiger partial charge in [-0.2, -0.15) is 0 Å². The maximum Gasteiger partial charge on any atom is 0.353 e. The van der Waals surface area contributed by atoms with Crippen LogP contribution in [0.2, 0.25) is 0 Å². The lowest BCUT2D eigenvalue weighted by molar-refractivity contribution is 0.0691. The van der Waals surface area contributed by atoms with Gasteiger partial charge in [0.05, 0.1) is 6.20 Å². The summed E-state index contributed by atoms with van der Waals surface area (Å²) >= 11 is 0. The van der Waals surface area contributed by atoms with Crippen molar-refractivity contribution in [2.45, 2.75) is 12.0 Å². The number of imidazole rings is 1. The van der Waals surface area contributed by atoms with Gasteiger partial charge in [-0.3, -0.25) is 0 Å². The summed E-state index contributed by atoms with van der Waals surface area (Å²) in [6.45, 7) is 0. The van der Waals surface area contributed by atoms with E-state index in [2.05, 4.69) is 74.9 Å². The summed E-state index contributed by atoms with van der Waals surface area (Å²) in [6.07, 6.45) is 1.83. The molecule has 0 radical (unpaired) electrons. The molecule has 8 nitrogen and oxygen atoms in total. The van der Waals surface area contributed by atoms with Crippen LogP contribution >= 0.6 is 0 Å². The van der Waals surface area contributed by atoms with Gasteiger partial charge < -0.3 is 10.1 Å². The van der Waals surface area contributed by atoms with E-state index in [0.717, 1.165) is 38.9 Å². The predicted molar refractivity (Wildman–Crippen MR) is 172 cm³/mol. The first kappa shape index (κ1) is 27.7. The minimum atomic E-state index is -1.03. The molecule has 0 aliphatic heterocycles. The number of rotatable bonds is 9. The number of nitrogens with one attached hydrogen (secondary N) is 1. The van der Waals surface area contributed by atoms with E-state index in [9.17, 15) is 9.90 Å². The fourth-order valence-corrected chi connectivity index (χ4v) is 5.97. The van der Waals surface area contributed by atoms with E-state index in [1.165, 1.54) is 6.20 Å². The highest BCUT2D eigenvalue weighted by Gasteiger charge is 2.42. The number of carboxylic acid groups (broad SMARTS) is 1. The summed E-state index contributed by atoms with van der Waals surface area (Å²) in [5.41, 5.74) is 6.17. The number of nitrogens with zero attached hydrogens (tertiary/aromatic N) is 5. The van der Waals surface area contributed by atoms with Crippen LogP contribution in [0.3, 0.4) is 0 Å². The maximum absolute atomic E-state index is 11.2. The van der Waals surface area contributed by atoms with Crippen LogP contribution in [0.25, 0.3) is 22.5 Å². The third-order valence-electron chi connectivity index (χ3n) is 8.03. The summed E-state index contributed by atoms with van der Waals surface area (Å²) < 4.78 is 1.94. The van der Waals surface area contributed by atoms with Gasteiger partial charge in [-0.1, -0.05) is 140 Å². The topological polar surface area (TPSA) is 110 Å². The van der Waals surface area contributed by atoms with Crippen LogP contribution in [0.4, 0.5) is 0 Å². The van der Waals surface area contributed by atoms with Crippen molar-refractivity contribution in [3.8, 4) is 22.5 Å². The number of benzene rings is 5. The number of aromatic nitrogens is 6. The zero-order chi connectivity index (χ0) is 30.6. The highest BCUT2D eigenvalue weighted by molar-refractivity contribution is 5.85. The van der Waals surface area contributed by atoms with Crippen molar-refractivity contribution < 1.29 is 9.90 Å². The largest absolute Gasteiger partial charge is 0.477 e. The molecule has 0 aliphatic rings. The van der Waals surface area contributed by atoms with E-state index < -0.39 is 11.5 Å². The first-order chi connectivity index (χ1) is 22.1. The SMILES string of the molecule is O=C(O)c1cnc(Cc2ccc(-c3ccccc3-c3nnnn3C(c3ccccc3)(c3ccccc3)c3ccccc3)cc2)[nH]1. The number of carbonyl (C=O) groups is 1. The predicted octanol–water partition coefficient (Wildman–Crippen LogP) is 6.86. The number of aromatic carboxylic acids is 1. The minimum Gasteiger partial charge on any atom is -0.477 e. The molecule has 0 saturated heterocycles. The Bertz CT molecular complexity index is 1960. The van der Waals surface area contributed by atoms with Crippen LogP contribution in [-0.2, 0) is 12.0 Å². The quantitative estimate of drug-likeness (QED) is 0.178. The van der Waals surface area contributed by atoms with Crippen LogP contribution in [0.15, 0.2) is 146 Å². The Morgan fingerprint density at radius 1 is 0.689 bits per heavy atom. The molecule has 7 rings (SSSR count). The summed E-state index contributed by atoms with van der Waals surface area (Å²) in [4.78, 5) is 18.3.